The van der Waals surface area contributed by atoms with E-state index in [0.29, 0.717) is 126 Å². The van der Waals surface area contributed by atoms with E-state index >= 15 is 4.39 Å². The molecule has 0 aromatic heterocycles. The zero-order valence-corrected chi connectivity index (χ0v) is 69.9. The third-order valence-electron chi connectivity index (χ3n) is 23.3. The predicted octanol–water partition coefficient (Wildman–Crippen LogP) is 10.5. The summed E-state index contributed by atoms with van der Waals surface area (Å²) in [6.45, 7) is 6.07. The van der Waals surface area contributed by atoms with Gasteiger partial charge in [-0.15, -0.1) is 0 Å². The smallest absolute Gasteiger partial charge is 0.251 e. The standard InChI is InChI=1S/C36H41FN6O2.C33H38F2N6O2.C27H38N6O2/c1-25(36(37,29-13-4-2-5-14-29)30-15-6-3-7-16-30)43-22-20-31(42-32(34(43)45)17-10-21-40-35(38)39)24-41-33(44)28-19-18-26-11-8-9-12-27(26)23-28;34-28-13-7-14-29(35)26(28)16-17-31(42)39-21-25-18-20-41(32(43)30(40-25)15-8-19-38-33(36)37)22-27(23-9-3-1-4-10-23)24-11-5-2-6-12-24;28-27(29)30-15-6-11-24-26(35)33(23-9-2-1-3-10-23)16-14-22(32-24)18-31-25(34)21-13-12-19-7-4-5-8-20(19)17-21/h2-9,11-16,18-19,23,25,31-32,42H,10,17,20-22,24H2,1H3,(H,41,44)(H4,38,39,40);1-7,9-14,16-17,25,27,30,40H,8,15,18-22H2,(H,39,42)(H4,36,37,38);4-5,7-8,12-13,17,22-24,32H,1-3,6,9-11,14-16,18H2,(H,31,34)(H4,28,29,30)/b;17-16+;/t25-,31+,32+;25-,30-;22-,24-/m100/s1. The van der Waals surface area contributed by atoms with Gasteiger partial charge in [0.2, 0.25) is 23.6 Å². The van der Waals surface area contributed by atoms with Crippen LogP contribution in [-0.2, 0) is 24.8 Å². The van der Waals surface area contributed by atoms with E-state index in [0.717, 1.165) is 89.2 Å². The molecule has 13 rings (SSSR count). The van der Waals surface area contributed by atoms with E-state index in [1.165, 1.54) is 25.3 Å². The lowest BCUT2D eigenvalue weighted by Gasteiger charge is -2.40. The number of alkyl halides is 1. The third-order valence-corrected chi connectivity index (χ3v) is 23.3. The molecule has 123 heavy (non-hydrogen) atoms. The molecule has 6 amide bonds. The van der Waals surface area contributed by atoms with Gasteiger partial charge in [0.25, 0.3) is 11.8 Å². The Morgan fingerprint density at radius 1 is 0.472 bits per heavy atom. The van der Waals surface area contributed by atoms with E-state index in [4.69, 9.17) is 34.4 Å². The number of benzene rings is 9. The third kappa shape index (κ3) is 26.3. The van der Waals surface area contributed by atoms with Crippen molar-refractivity contribution in [2.45, 2.75) is 157 Å². The van der Waals surface area contributed by atoms with E-state index in [2.05, 4.69) is 76.0 Å². The Balaban J connectivity index is 0.000000181. The van der Waals surface area contributed by atoms with Gasteiger partial charge in [0, 0.05) is 118 Å². The Morgan fingerprint density at radius 2 is 0.878 bits per heavy atom. The van der Waals surface area contributed by atoms with Gasteiger partial charge in [-0.1, -0.05) is 207 Å². The first kappa shape index (κ1) is 91.3. The maximum Gasteiger partial charge on any atom is 0.251 e. The van der Waals surface area contributed by atoms with Gasteiger partial charge in [0.15, 0.2) is 23.5 Å². The first-order valence-corrected chi connectivity index (χ1v) is 42.8. The van der Waals surface area contributed by atoms with Crippen LogP contribution in [0.4, 0.5) is 13.2 Å². The van der Waals surface area contributed by atoms with Crippen LogP contribution in [0.25, 0.3) is 27.6 Å². The number of guanidine groups is 3. The van der Waals surface area contributed by atoms with Crippen LogP contribution in [0.2, 0.25) is 0 Å². The summed E-state index contributed by atoms with van der Waals surface area (Å²) in [7, 11) is 0. The van der Waals surface area contributed by atoms with Crippen LogP contribution in [0.1, 0.15) is 151 Å². The summed E-state index contributed by atoms with van der Waals surface area (Å²) < 4.78 is 45.4. The zero-order valence-electron chi connectivity index (χ0n) is 69.9. The minimum absolute atomic E-state index is 0.000693. The lowest BCUT2D eigenvalue weighted by molar-refractivity contribution is -0.138. The van der Waals surface area contributed by atoms with Gasteiger partial charge in [0.05, 0.1) is 24.2 Å². The molecule has 3 aliphatic heterocycles. The number of amides is 6. The number of fused-ring (bicyclic) bond motifs is 2. The summed E-state index contributed by atoms with van der Waals surface area (Å²) in [5.74, 6) is -2.27. The van der Waals surface area contributed by atoms with Gasteiger partial charge in [-0.05, 0) is 164 Å². The summed E-state index contributed by atoms with van der Waals surface area (Å²) in [5.41, 5.74) is 35.0. The number of carbonyl (C=O) groups excluding carboxylic acids is 6. The van der Waals surface area contributed by atoms with E-state index in [1.807, 2.05) is 163 Å². The van der Waals surface area contributed by atoms with Gasteiger partial charge in [-0.2, -0.15) is 0 Å². The van der Waals surface area contributed by atoms with E-state index < -0.39 is 41.3 Å². The number of aliphatic imine (C=N–C) groups is 3. The van der Waals surface area contributed by atoms with Gasteiger partial charge >= 0.3 is 0 Å². The molecule has 3 heterocycles. The molecule has 9 aromatic rings. The number of hydrogen-bond donors (Lipinski definition) is 12. The van der Waals surface area contributed by atoms with Crippen molar-refractivity contribution in [3.8, 4) is 0 Å². The van der Waals surface area contributed by atoms with Crippen molar-refractivity contribution in [3.63, 3.8) is 0 Å². The molecular weight excluding hydrogens is 1560 g/mol. The lowest BCUT2D eigenvalue weighted by Crippen LogP contribution is -2.54. The maximum absolute atomic E-state index is 17.6. The lowest BCUT2D eigenvalue weighted by atomic mass is 9.81. The highest BCUT2D eigenvalue weighted by molar-refractivity contribution is 6.00. The van der Waals surface area contributed by atoms with Crippen molar-refractivity contribution in [2.24, 2.45) is 49.4 Å². The Hall–Kier alpha value is -12.5. The van der Waals surface area contributed by atoms with Crippen molar-refractivity contribution in [3.05, 3.63) is 281 Å². The number of hydrogen-bond acceptors (Lipinski definition) is 12. The molecule has 9 aromatic carbocycles. The van der Waals surface area contributed by atoms with E-state index in [9.17, 15) is 37.5 Å². The summed E-state index contributed by atoms with van der Waals surface area (Å²) >= 11 is 0. The molecule has 18 N–H and O–H groups in total. The van der Waals surface area contributed by atoms with Gasteiger partial charge in [-0.3, -0.25) is 43.7 Å². The van der Waals surface area contributed by atoms with Crippen molar-refractivity contribution in [1.82, 2.24) is 46.6 Å². The van der Waals surface area contributed by atoms with Crippen LogP contribution in [0.15, 0.2) is 246 Å². The molecule has 1 aliphatic carbocycles. The predicted molar refractivity (Wildman–Crippen MR) is 483 cm³/mol. The second-order valence-corrected chi connectivity index (χ2v) is 31.9. The largest absolute Gasteiger partial charge is 0.370 e. The summed E-state index contributed by atoms with van der Waals surface area (Å²) in [6.07, 6.45) is 13.4. The Kier molecular flexibility index (Phi) is 34.1. The van der Waals surface area contributed by atoms with Gasteiger partial charge in [-0.25, -0.2) is 13.2 Å². The first-order valence-electron chi connectivity index (χ1n) is 42.8. The Morgan fingerprint density at radius 3 is 1.34 bits per heavy atom. The van der Waals surface area contributed by atoms with E-state index in [-0.39, 0.29) is 89.6 Å². The molecule has 0 spiro atoms. The second-order valence-electron chi connectivity index (χ2n) is 31.9. The van der Waals surface area contributed by atoms with Crippen LogP contribution in [0, 0.1) is 11.6 Å². The number of rotatable bonds is 31. The zero-order chi connectivity index (χ0) is 87.0. The molecule has 7 atom stereocenters. The molecule has 24 nitrogen and oxygen atoms in total. The minimum Gasteiger partial charge on any atom is -0.370 e. The highest BCUT2D eigenvalue weighted by Gasteiger charge is 2.47. The molecule has 4 fully saturated rings. The van der Waals surface area contributed by atoms with Gasteiger partial charge in [0.1, 0.15) is 11.6 Å². The fourth-order valence-electron chi connectivity index (χ4n) is 16.7. The molecule has 3 saturated heterocycles. The summed E-state index contributed by atoms with van der Waals surface area (Å²) in [6, 6.07) is 66.7. The minimum atomic E-state index is -1.95. The fourth-order valence-corrected chi connectivity index (χ4v) is 16.7. The average molecular weight is 1680 g/mol. The molecule has 648 valence electrons. The molecule has 0 bridgehead atoms. The van der Waals surface area contributed by atoms with Crippen molar-refractivity contribution >= 4 is 80.9 Å². The number of nitrogens with one attached hydrogen (secondary N) is 6. The van der Waals surface area contributed by atoms with Crippen LogP contribution in [-0.4, -0.2) is 182 Å². The normalized spacial score (nSPS) is 18.6. The molecule has 0 radical (unpaired) electrons. The van der Waals surface area contributed by atoms with Gasteiger partial charge < -0.3 is 81.0 Å². The highest BCUT2D eigenvalue weighted by Crippen LogP contribution is 2.41. The average Bonchev–Trinajstić information content (AvgIpc) is 1.59. The summed E-state index contributed by atoms with van der Waals surface area (Å²) in [5, 5.41) is 23.6. The monoisotopic (exact) mass is 1670 g/mol. The first-order chi connectivity index (χ1) is 59.6. The van der Waals surface area contributed by atoms with Crippen LogP contribution >= 0.6 is 0 Å². The van der Waals surface area contributed by atoms with Crippen LogP contribution < -0.4 is 66.3 Å². The van der Waals surface area contributed by atoms with Crippen molar-refractivity contribution in [1.29, 1.82) is 0 Å². The number of carbonyl (C=O) groups is 6. The topological polar surface area (TPSA) is 378 Å². The van der Waals surface area contributed by atoms with Crippen LogP contribution in [0.3, 0.4) is 0 Å². The maximum atomic E-state index is 17.6. The molecule has 1 saturated carbocycles. The quantitative estimate of drug-likeness (QED) is 0.00831. The molecule has 0 unspecified atom stereocenters. The Labute approximate surface area is 718 Å². The molecule has 4 aliphatic rings. The SMILES string of the molecule is C[C@@H](N1CC[C@@H](CNC(=O)c2ccc3ccccc3c2)N[C@@H](CCCN=C(N)N)C1=O)C(F)(c1ccccc1)c1ccccc1.NC(N)=NCCC[C@@H]1N[C@H](CNC(=O)/C=C/c2c(F)cccc2F)CCN(CC(c2ccccc2)c2ccccc2)C1=O.NC(N)=NCCC[C@@H]1N[C@H](CNC(=O)c2ccc3ccccc3c2)CCN(C2CCCCC2)C1=O. The number of halogens is 3. The molecule has 27 heteroatoms. The highest BCUT2D eigenvalue weighted by atomic mass is 19.1. The van der Waals surface area contributed by atoms with Crippen molar-refractivity contribution < 1.29 is 41.9 Å². The van der Waals surface area contributed by atoms with E-state index in [1.54, 1.807) is 36.1 Å². The fraction of sp³-hybridized carbons (Fsp3) is 0.365. The number of nitrogens with two attached hydrogens (primary N) is 6. The van der Waals surface area contributed by atoms with Crippen molar-refractivity contribution in [2.75, 3.05) is 65.4 Å². The molecular formula is C96H117F3N18O6. The Bertz CT molecular complexity index is 4970. The number of nitrogens with zero attached hydrogens (tertiary/aromatic N) is 6. The van der Waals surface area contributed by atoms with Crippen LogP contribution in [0.5, 0.6) is 0 Å². The summed E-state index contributed by atoms with van der Waals surface area (Å²) in [4.78, 5) is 98.0. The second kappa shape index (κ2) is 46.0.